The van der Waals surface area contributed by atoms with Gasteiger partial charge in [0.1, 0.15) is 6.04 Å². The molecule has 3 saturated heterocycles. The second-order valence-electron chi connectivity index (χ2n) is 9.73. The second-order valence-corrected chi connectivity index (χ2v) is 9.73. The molecule has 5 atom stereocenters. The topological polar surface area (TPSA) is 148 Å². The van der Waals surface area contributed by atoms with Gasteiger partial charge in [-0.15, -0.1) is 10.2 Å². The van der Waals surface area contributed by atoms with Crippen LogP contribution in [-0.4, -0.2) is 90.9 Å². The monoisotopic (exact) mass is 461 g/mol. The molecule has 1 aromatic heterocycles. The fourth-order valence-corrected chi connectivity index (χ4v) is 6.32. The van der Waals surface area contributed by atoms with Crippen molar-refractivity contribution in [1.82, 2.24) is 35.3 Å². The Kier molecular flexibility index (Phi) is 5.08. The molecule has 2 bridgehead atoms. The number of nitrogens with zero attached hydrogens (tertiary/aromatic N) is 7. The number of hydrogen-bond donors (Lipinski definition) is 2. The fourth-order valence-electron chi connectivity index (χ4n) is 6.32. The van der Waals surface area contributed by atoms with E-state index in [0.29, 0.717) is 25.3 Å². The van der Waals surface area contributed by atoms with Crippen LogP contribution in [0.4, 0.5) is 0 Å². The molecule has 11 heteroatoms. The molecule has 2 amide bonds. The molecule has 0 radical (unpaired) electrons. The first-order valence-electron chi connectivity index (χ1n) is 11.9. The first-order valence-corrected chi connectivity index (χ1v) is 11.9. The number of piperazine rings is 1. The van der Waals surface area contributed by atoms with E-state index in [1.165, 1.54) is 11.1 Å². The van der Waals surface area contributed by atoms with E-state index in [4.69, 9.17) is 5.73 Å². The molecule has 11 nitrogen and oxygen atoms in total. The molecule has 4 heterocycles. The predicted octanol–water partition coefficient (Wildman–Crippen LogP) is -0.0190. The number of amides is 2. The van der Waals surface area contributed by atoms with E-state index in [2.05, 4.69) is 48.6 Å². The van der Waals surface area contributed by atoms with Gasteiger partial charge in [-0.3, -0.25) is 14.5 Å². The number of nitrogens with two attached hydrogens (primary N) is 1. The number of fused-ring (bicyclic) bond motifs is 3. The van der Waals surface area contributed by atoms with Crippen LogP contribution >= 0.6 is 0 Å². The summed E-state index contributed by atoms with van der Waals surface area (Å²) in [6.07, 6.45) is 4.12. The van der Waals surface area contributed by atoms with Gasteiger partial charge in [0.2, 0.25) is 17.6 Å². The highest BCUT2D eigenvalue weighted by Gasteiger charge is 2.53. The summed E-state index contributed by atoms with van der Waals surface area (Å²) in [6, 6.07) is 7.26. The maximum absolute atomic E-state index is 13.4. The molecule has 0 saturated carbocycles. The average Bonchev–Trinajstić information content (AvgIpc) is 3.66. The first-order chi connectivity index (χ1) is 16.5. The number of likely N-dealkylation sites (tertiary alicyclic amines) is 3. The Hall–Kier alpha value is -3.36. The number of carbonyl (C=O) groups is 2. The molecule has 3 aliphatic heterocycles. The van der Waals surface area contributed by atoms with E-state index in [1.807, 2.05) is 6.07 Å². The maximum Gasteiger partial charge on any atom is 0.241 e. The van der Waals surface area contributed by atoms with E-state index >= 15 is 0 Å². The number of H-pyrrole nitrogens is 1. The third-order valence-corrected chi connectivity index (χ3v) is 7.88. The normalized spacial score (nSPS) is 29.0. The third-order valence-electron chi connectivity index (χ3n) is 7.88. The summed E-state index contributed by atoms with van der Waals surface area (Å²) in [5, 5.41) is 23.5. The quantitative estimate of drug-likeness (QED) is 0.631. The Morgan fingerprint density at radius 3 is 2.97 bits per heavy atom. The lowest BCUT2D eigenvalue weighted by Crippen LogP contribution is -2.56. The van der Waals surface area contributed by atoms with Crippen molar-refractivity contribution in [2.75, 3.05) is 19.6 Å². The lowest BCUT2D eigenvalue weighted by Gasteiger charge is -2.38. The van der Waals surface area contributed by atoms with Crippen LogP contribution in [0.5, 0.6) is 0 Å². The van der Waals surface area contributed by atoms with Crippen LogP contribution < -0.4 is 5.73 Å². The van der Waals surface area contributed by atoms with Crippen LogP contribution in [0.3, 0.4) is 0 Å². The van der Waals surface area contributed by atoms with Crippen LogP contribution in [0, 0.1) is 11.3 Å². The zero-order valence-electron chi connectivity index (χ0n) is 18.8. The van der Waals surface area contributed by atoms with Gasteiger partial charge in [-0.1, -0.05) is 12.1 Å². The van der Waals surface area contributed by atoms with Crippen molar-refractivity contribution in [3.05, 3.63) is 29.3 Å². The molecule has 3 N–H and O–H groups in total. The molecule has 6 rings (SSSR count). The lowest BCUT2D eigenvalue weighted by atomic mass is 10.0. The number of hydrogen-bond acceptors (Lipinski definition) is 8. The SMILES string of the molecule is N#C[C@@H]1CCCN1C(=O)[C@@H](N)CN1CC2C[C@H]1C(=O)N2[C@H]1CCc2cc(-c3nn[nH]n3)ccc21. The van der Waals surface area contributed by atoms with Crippen LogP contribution in [0.15, 0.2) is 18.2 Å². The smallest absolute Gasteiger partial charge is 0.241 e. The summed E-state index contributed by atoms with van der Waals surface area (Å²) in [5.41, 5.74) is 9.61. The number of rotatable bonds is 5. The van der Waals surface area contributed by atoms with Crippen molar-refractivity contribution < 1.29 is 9.59 Å². The van der Waals surface area contributed by atoms with Crippen LogP contribution in [0.1, 0.15) is 42.9 Å². The average molecular weight is 462 g/mol. The highest BCUT2D eigenvalue weighted by atomic mass is 16.2. The molecule has 1 aliphatic carbocycles. The van der Waals surface area contributed by atoms with E-state index in [1.54, 1.807) is 4.90 Å². The lowest BCUT2D eigenvalue weighted by molar-refractivity contribution is -0.141. The number of tetrazole rings is 1. The minimum absolute atomic E-state index is 0.0789. The number of aromatic amines is 1. The Balaban J connectivity index is 1.13. The molecule has 1 unspecified atom stereocenters. The van der Waals surface area contributed by atoms with Crippen molar-refractivity contribution in [2.24, 2.45) is 5.73 Å². The number of nitrogens with one attached hydrogen (secondary N) is 1. The van der Waals surface area contributed by atoms with Crippen molar-refractivity contribution in [2.45, 2.75) is 62.3 Å². The van der Waals surface area contributed by atoms with Crippen molar-refractivity contribution in [3.8, 4) is 17.5 Å². The van der Waals surface area contributed by atoms with Crippen molar-refractivity contribution in [1.29, 1.82) is 5.26 Å². The summed E-state index contributed by atoms with van der Waals surface area (Å²) in [5.74, 6) is 0.518. The number of nitriles is 1. The molecule has 3 fully saturated rings. The van der Waals surface area contributed by atoms with Gasteiger partial charge < -0.3 is 15.5 Å². The second kappa shape index (κ2) is 8.14. The van der Waals surface area contributed by atoms with Gasteiger partial charge in [0.25, 0.3) is 0 Å². The zero-order valence-corrected chi connectivity index (χ0v) is 18.8. The number of aryl methyl sites for hydroxylation is 1. The Bertz CT molecular complexity index is 1160. The Morgan fingerprint density at radius 1 is 1.32 bits per heavy atom. The van der Waals surface area contributed by atoms with Crippen molar-refractivity contribution >= 4 is 11.8 Å². The van der Waals surface area contributed by atoms with Crippen LogP contribution in [0.25, 0.3) is 11.4 Å². The van der Waals surface area contributed by atoms with Gasteiger partial charge in [0, 0.05) is 31.2 Å². The Labute approximate surface area is 196 Å². The summed E-state index contributed by atoms with van der Waals surface area (Å²) in [4.78, 5) is 32.0. The van der Waals surface area contributed by atoms with Gasteiger partial charge in [-0.25, -0.2) is 0 Å². The highest BCUT2D eigenvalue weighted by molar-refractivity contribution is 5.87. The van der Waals surface area contributed by atoms with Crippen LogP contribution in [-0.2, 0) is 16.0 Å². The summed E-state index contributed by atoms with van der Waals surface area (Å²) < 4.78 is 0. The number of aromatic nitrogens is 4. The zero-order chi connectivity index (χ0) is 23.4. The van der Waals surface area contributed by atoms with E-state index in [0.717, 1.165) is 37.8 Å². The fraction of sp³-hybridized carbons (Fsp3) is 0.565. The van der Waals surface area contributed by atoms with Gasteiger partial charge in [-0.2, -0.15) is 10.5 Å². The number of benzene rings is 1. The minimum atomic E-state index is -0.717. The molecular formula is C23H27N9O2. The molecule has 0 spiro atoms. The van der Waals surface area contributed by atoms with Crippen LogP contribution in [0.2, 0.25) is 0 Å². The predicted molar refractivity (Wildman–Crippen MR) is 120 cm³/mol. The first kappa shape index (κ1) is 21.2. The van der Waals surface area contributed by atoms with Gasteiger partial charge in [0.05, 0.1) is 24.2 Å². The third kappa shape index (κ3) is 3.28. The largest absolute Gasteiger partial charge is 0.330 e. The van der Waals surface area contributed by atoms with Gasteiger partial charge >= 0.3 is 0 Å². The maximum atomic E-state index is 13.4. The molecule has 34 heavy (non-hydrogen) atoms. The van der Waals surface area contributed by atoms with E-state index in [9.17, 15) is 14.9 Å². The standard InChI is InChI=1S/C23H27N9O2/c24-10-15-2-1-7-31(15)22(33)18(25)12-30-11-16-9-20(30)23(34)32(16)19-6-4-13-8-14(3-5-17(13)19)21-26-28-29-27-21/h3,5,8,15-16,18-20H,1-2,4,6-7,9,11-12,25H2,(H,26,27,28,29)/t15-,16?,18-,19-,20-/m0/s1. The molecule has 1 aromatic carbocycles. The van der Waals surface area contributed by atoms with E-state index < -0.39 is 6.04 Å². The molecule has 4 aliphatic rings. The minimum Gasteiger partial charge on any atom is -0.330 e. The summed E-state index contributed by atoms with van der Waals surface area (Å²) in [6.45, 7) is 1.66. The van der Waals surface area contributed by atoms with Gasteiger partial charge in [0.15, 0.2) is 0 Å². The van der Waals surface area contributed by atoms with Gasteiger partial charge in [-0.05, 0) is 54.5 Å². The highest BCUT2D eigenvalue weighted by Crippen LogP contribution is 2.44. The molecular weight excluding hydrogens is 434 g/mol. The summed E-state index contributed by atoms with van der Waals surface area (Å²) in [7, 11) is 0. The van der Waals surface area contributed by atoms with Crippen molar-refractivity contribution in [3.63, 3.8) is 0 Å². The number of carbonyl (C=O) groups excluding carboxylic acids is 2. The van der Waals surface area contributed by atoms with E-state index in [-0.39, 0.29) is 36.0 Å². The Morgan fingerprint density at radius 2 is 2.21 bits per heavy atom. The summed E-state index contributed by atoms with van der Waals surface area (Å²) >= 11 is 0. The molecule has 2 aromatic rings. The molecule has 176 valence electrons.